The molecule has 0 saturated heterocycles. The zero-order valence-corrected chi connectivity index (χ0v) is 100. The van der Waals surface area contributed by atoms with Crippen molar-refractivity contribution in [3.8, 4) is 22.3 Å². The van der Waals surface area contributed by atoms with E-state index in [4.69, 9.17) is 53.4 Å². The summed E-state index contributed by atoms with van der Waals surface area (Å²) in [4.78, 5) is 0. The third-order valence-corrected chi connectivity index (χ3v) is 125. The molecular formula is C38H53BrMgO7S53Si2. The molecule has 0 amide bonds. The fraction of sp³-hybridized carbons (Fsp3) is 0.368. The van der Waals surface area contributed by atoms with Crippen molar-refractivity contribution in [2.45, 2.75) is 48.5 Å². The topological polar surface area (TPSA) is 64.6 Å². The van der Waals surface area contributed by atoms with Crippen molar-refractivity contribution in [2.24, 2.45) is 0 Å². The van der Waals surface area contributed by atoms with Gasteiger partial charge >= 0.3 is 40.9 Å². The molecule has 0 radical (unpaired) electrons. The number of halogens is 1. The number of hydrogen-bond acceptors (Lipinski definition) is 9. The van der Waals surface area contributed by atoms with E-state index >= 15 is 0 Å². The maximum Gasteiger partial charge on any atom is 2.00 e. The third kappa shape index (κ3) is 70.6. The van der Waals surface area contributed by atoms with Gasteiger partial charge in [-0.15, -0.1) is 5.56 Å². The van der Waals surface area contributed by atoms with Crippen molar-refractivity contribution < 1.29 is 48.0 Å². The Bertz CT molecular complexity index is 5400. The van der Waals surface area contributed by atoms with Crippen molar-refractivity contribution in [3.63, 3.8) is 0 Å². The summed E-state index contributed by atoms with van der Waals surface area (Å²) in [6, 6.07) is 40.0. The van der Waals surface area contributed by atoms with Crippen LogP contribution in [-0.2, 0) is 506 Å². The van der Waals surface area contributed by atoms with Crippen LogP contribution in [0.25, 0.3) is 22.3 Å². The summed E-state index contributed by atoms with van der Waals surface area (Å²) in [5.41, 5.74) is 4.88. The van der Waals surface area contributed by atoms with Gasteiger partial charge in [-0.25, -0.2) is 0 Å². The van der Waals surface area contributed by atoms with E-state index < -0.39 is 17.9 Å². The molecule has 0 heterocycles. The van der Waals surface area contributed by atoms with Crippen LogP contribution in [-0.4, -0.2) is 87.2 Å². The molecule has 4 aromatic rings. The first-order valence-corrected chi connectivity index (χ1v) is 98.0. The van der Waals surface area contributed by atoms with Gasteiger partial charge in [0.05, 0.1) is 0 Å². The quantitative estimate of drug-likeness (QED) is 0.110. The first kappa shape index (κ1) is 114. The van der Waals surface area contributed by atoms with Crippen molar-refractivity contribution >= 4 is 521 Å². The predicted octanol–water partition coefficient (Wildman–Crippen LogP) is 4.83. The Morgan fingerprint density at radius 1 is 0.245 bits per heavy atom. The molecule has 7 nitrogen and oxygen atoms in total. The van der Waals surface area contributed by atoms with E-state index in [0.717, 1.165) is 5.19 Å². The molecule has 0 aliphatic rings. The Balaban J connectivity index is 0. The molecule has 0 atom stereocenters. The van der Waals surface area contributed by atoms with Gasteiger partial charge < -0.3 is 48.0 Å². The van der Waals surface area contributed by atoms with E-state index in [1.165, 1.54) is 40.0 Å². The third-order valence-electron chi connectivity index (χ3n) is 7.85. The molecule has 0 bridgehead atoms. The Hall–Kier alpha value is 9.94. The van der Waals surface area contributed by atoms with Crippen LogP contribution in [0.15, 0.2) is 109 Å². The molecule has 582 valence electrons. The fourth-order valence-electron chi connectivity index (χ4n) is 5.17. The molecule has 102 heavy (non-hydrogen) atoms. The molecular weight excluding hydrogens is 2430 g/mol. The molecule has 0 saturated carbocycles. The van der Waals surface area contributed by atoms with Crippen LogP contribution in [0.2, 0.25) is 0 Å². The minimum absolute atomic E-state index is 0. The van der Waals surface area contributed by atoms with Crippen LogP contribution in [0.1, 0.15) is 48.5 Å². The standard InChI is InChI=1S/C18H24O3Si.C12H9.C8H20O4Si.BrH.Mg.S53/c1-4-19-22(20-5-2,21-6-3)18-14-12-17(13-15-18)16-10-8-7-9-11-16;1-3-7-11(8-4-1)12-9-5-2-6-10-12;1-5-9-13(10-6-2,11-7-3)12-8-4;;;1-3-5-7-9-11-13-15-17-19-21-23-25-27-29-31-33-35-37-39-41-43-45-47-49-51-53-52-50-48-46-44-42-40-38-36-34-32-30-28-26-24-22-20-18-16-14-12-10-8-6-4-2/h7-15H,4-6H2,1-3H3;1,3-10H;5-8H2,1-4H3;1H;;/q;-1;;;+2;/p-1. The number of benzene rings is 4. The van der Waals surface area contributed by atoms with E-state index in [1.54, 1.807) is 107 Å². The van der Waals surface area contributed by atoms with Crippen LogP contribution in [0.5, 0.6) is 0 Å². The molecule has 0 spiro atoms. The average Bonchev–Trinajstić information content (AvgIpc) is 0.809. The maximum atomic E-state index is 5.94. The average molecular weight is 2480 g/mol. The van der Waals surface area contributed by atoms with Crippen LogP contribution in [0.4, 0.5) is 0 Å². The van der Waals surface area contributed by atoms with E-state index in [9.17, 15) is 0 Å². The van der Waals surface area contributed by atoms with Crippen LogP contribution in [0.3, 0.4) is 0 Å². The van der Waals surface area contributed by atoms with Gasteiger partial charge in [-0.2, -0.15) is 30.3 Å². The predicted molar refractivity (Wildman–Crippen MR) is 591 cm³/mol. The second-order valence-electron chi connectivity index (χ2n) is 13.2. The van der Waals surface area contributed by atoms with E-state index in [1.807, 2.05) is 426 Å². The summed E-state index contributed by atoms with van der Waals surface area (Å²) in [5, 5.41) is 1.01. The van der Waals surface area contributed by atoms with E-state index in [-0.39, 0.29) is 40.0 Å². The van der Waals surface area contributed by atoms with Crippen molar-refractivity contribution in [1.82, 2.24) is 0 Å². The van der Waals surface area contributed by atoms with Crippen LogP contribution < -0.4 is 22.2 Å². The zero-order chi connectivity index (χ0) is 72.3. The molecule has 0 aliphatic heterocycles. The Morgan fingerprint density at radius 2 is 0.422 bits per heavy atom. The first-order valence-electron chi connectivity index (χ1n) is 25.3. The summed E-state index contributed by atoms with van der Waals surface area (Å²) in [6.07, 6.45) is 0. The van der Waals surface area contributed by atoms with Gasteiger partial charge in [0.1, 0.15) is 0 Å². The summed E-state index contributed by atoms with van der Waals surface area (Å²) < 4.78 is 39.5. The molecule has 4 rings (SSSR count). The van der Waals surface area contributed by atoms with Crippen molar-refractivity contribution in [3.05, 3.63) is 115 Å². The second kappa shape index (κ2) is 91.7. The first-order chi connectivity index (χ1) is 49.4. The normalized spacial score (nSPS) is 9.21. The smallest absolute Gasteiger partial charge is 1.00 e. The van der Waals surface area contributed by atoms with Crippen LogP contribution in [0, 0.1) is 6.07 Å². The van der Waals surface area contributed by atoms with Gasteiger partial charge in [-0.05, 0) is 65.2 Å². The van der Waals surface area contributed by atoms with E-state index in [0.29, 0.717) is 46.2 Å². The SMILES string of the molecule is CCO[Si](OCC)(OCC)OCC.CCO[Si](OCC)(OCC)c1ccc(-c2ccccc2)cc1.S=S=S=S=S=S=S=S=S=S=S=S=S=S=S=S=S=S=S=S=S=S=S=S=S=S=S=S=S=S=S=S=S=S=S=S=S=S=S=S=S=S=S=S=S=S=S=S=S=S=S=S=S.[Br-].[Mg+2].[c-]1ccc(-c2ccccc2)cc1. The Labute approximate surface area is 783 Å². The van der Waals surface area contributed by atoms with Gasteiger partial charge in [-0.3, -0.25) is 0 Å². The van der Waals surface area contributed by atoms with Crippen molar-refractivity contribution in [2.75, 3.05) is 46.2 Å². The molecule has 0 aromatic heterocycles. The summed E-state index contributed by atoms with van der Waals surface area (Å²) in [6.45, 7) is 17.4. The maximum absolute atomic E-state index is 5.94. The van der Waals surface area contributed by atoms with Gasteiger partial charge in [0.25, 0.3) is 0 Å². The largest absolute Gasteiger partial charge is 2.00 e. The van der Waals surface area contributed by atoms with Crippen molar-refractivity contribution in [1.29, 1.82) is 0 Å². The zero-order valence-electron chi connectivity index (χ0n) is 51.9. The van der Waals surface area contributed by atoms with Gasteiger partial charge in [-0.1, -0.05) is 84.9 Å². The molecule has 64 heteroatoms. The van der Waals surface area contributed by atoms with Crippen LogP contribution >= 0.6 is 0 Å². The molecule has 0 unspecified atom stereocenters. The van der Waals surface area contributed by atoms with Gasteiger partial charge in [0, 0.05) is 527 Å². The molecule has 4 aromatic carbocycles. The summed E-state index contributed by atoms with van der Waals surface area (Å²) in [5.74, 6) is 0. The monoisotopic (exact) mass is 2470 g/mol. The Kier molecular flexibility index (Phi) is 102. The fourth-order valence-corrected chi connectivity index (χ4v) is 144. The van der Waals surface area contributed by atoms with Gasteiger partial charge in [0.2, 0.25) is 0 Å². The van der Waals surface area contributed by atoms with E-state index in [2.05, 4.69) is 66.7 Å². The summed E-state index contributed by atoms with van der Waals surface area (Å²) >= 11 is 9.63. The minimum atomic E-state index is -2.80. The summed E-state index contributed by atoms with van der Waals surface area (Å²) in [7, 11) is 85.6. The molecule has 0 N–H and O–H groups in total. The molecule has 0 aliphatic carbocycles. The molecule has 0 fully saturated rings. The number of rotatable bonds is 17. The minimum Gasteiger partial charge on any atom is -1.00 e. The van der Waals surface area contributed by atoms with Gasteiger partial charge in [0.15, 0.2) is 0 Å². The second-order valence-corrected chi connectivity index (χ2v) is 108. The Morgan fingerprint density at radius 3 is 0.608 bits per heavy atom. The number of hydrogen-bond donors (Lipinski definition) is 0.